The zero-order valence-corrected chi connectivity index (χ0v) is 29.8. The van der Waals surface area contributed by atoms with Crippen molar-refractivity contribution in [3.63, 3.8) is 0 Å². The van der Waals surface area contributed by atoms with Gasteiger partial charge in [-0.2, -0.15) is 0 Å². The van der Waals surface area contributed by atoms with Gasteiger partial charge >= 0.3 is 0 Å². The van der Waals surface area contributed by atoms with Crippen LogP contribution in [0.4, 0.5) is 0 Å². The lowest BCUT2D eigenvalue weighted by molar-refractivity contribution is 1.17. The number of hydrogen-bond donors (Lipinski definition) is 0. The summed E-state index contributed by atoms with van der Waals surface area (Å²) in [4.78, 5) is 18.5. The van der Waals surface area contributed by atoms with Crippen molar-refractivity contribution >= 4 is 21.8 Å². The van der Waals surface area contributed by atoms with Gasteiger partial charge in [0, 0.05) is 57.9 Å². The molecule has 4 heterocycles. The highest BCUT2D eigenvalue weighted by molar-refractivity contribution is 6.09. The average Bonchev–Trinajstić information content (AvgIpc) is 3.61. The number of hydrogen-bond acceptors (Lipinski definition) is 4. The molecule has 0 fully saturated rings. The molecule has 4 aromatic heterocycles. The third-order valence-electron chi connectivity index (χ3n) is 10.2. The van der Waals surface area contributed by atoms with Gasteiger partial charge in [-0.1, -0.05) is 115 Å². The zero-order chi connectivity index (χ0) is 36.6. The topological polar surface area (TPSA) is 56.5 Å². The standard InChI is InChI=1S/C50H33N5/c1-2-8-34(9-3-1)35-14-16-36(17-15-35)41-30-42(32-43(31-41)55-48-12-6-4-10-44(48)45-11-5-7-13-49(45)55)37-18-20-40(21-19-37)50-53-46(38-22-26-51-27-23-38)33-47(54-50)39-24-28-52-29-25-39/h1-33H. The summed E-state index contributed by atoms with van der Waals surface area (Å²) in [6.07, 6.45) is 7.16. The highest BCUT2D eigenvalue weighted by Gasteiger charge is 2.16. The van der Waals surface area contributed by atoms with E-state index < -0.39 is 0 Å². The molecule has 6 aromatic carbocycles. The maximum absolute atomic E-state index is 5.03. The van der Waals surface area contributed by atoms with Crippen LogP contribution in [0.3, 0.4) is 0 Å². The molecule has 10 aromatic rings. The predicted molar refractivity (Wildman–Crippen MR) is 225 cm³/mol. The van der Waals surface area contributed by atoms with Crippen LogP contribution in [0.2, 0.25) is 0 Å². The van der Waals surface area contributed by atoms with E-state index in [0.29, 0.717) is 5.82 Å². The normalized spacial score (nSPS) is 11.3. The second-order valence-electron chi connectivity index (χ2n) is 13.6. The lowest BCUT2D eigenvalue weighted by Gasteiger charge is -2.15. The van der Waals surface area contributed by atoms with Crippen LogP contribution >= 0.6 is 0 Å². The Labute approximate surface area is 318 Å². The molecular weight excluding hydrogens is 671 g/mol. The van der Waals surface area contributed by atoms with E-state index in [4.69, 9.17) is 9.97 Å². The Hall–Kier alpha value is -7.50. The van der Waals surface area contributed by atoms with Crippen LogP contribution in [0.15, 0.2) is 201 Å². The summed E-state index contributed by atoms with van der Waals surface area (Å²) in [5.74, 6) is 0.658. The molecular formula is C50H33N5. The minimum Gasteiger partial charge on any atom is -0.309 e. The molecule has 258 valence electrons. The third-order valence-corrected chi connectivity index (χ3v) is 10.2. The van der Waals surface area contributed by atoms with Crippen molar-refractivity contribution in [2.45, 2.75) is 0 Å². The zero-order valence-electron chi connectivity index (χ0n) is 29.8. The van der Waals surface area contributed by atoms with Gasteiger partial charge in [-0.3, -0.25) is 9.97 Å². The van der Waals surface area contributed by atoms with Crippen molar-refractivity contribution in [2.75, 3.05) is 0 Å². The highest BCUT2D eigenvalue weighted by atomic mass is 15.0. The van der Waals surface area contributed by atoms with E-state index in [2.05, 4.69) is 160 Å². The first-order chi connectivity index (χ1) is 27.2. The van der Waals surface area contributed by atoms with Gasteiger partial charge in [0.25, 0.3) is 0 Å². The largest absolute Gasteiger partial charge is 0.309 e. The molecule has 0 aliphatic rings. The molecule has 0 radical (unpaired) electrons. The number of nitrogens with zero attached hydrogens (tertiary/aromatic N) is 5. The second kappa shape index (κ2) is 13.8. The summed E-state index contributed by atoms with van der Waals surface area (Å²) >= 11 is 0. The molecule has 0 amide bonds. The molecule has 0 unspecified atom stereocenters. The van der Waals surface area contributed by atoms with E-state index in [0.717, 1.165) is 56.0 Å². The summed E-state index contributed by atoms with van der Waals surface area (Å²) in [5, 5.41) is 2.48. The molecule has 0 spiro atoms. The minimum atomic E-state index is 0.658. The van der Waals surface area contributed by atoms with Gasteiger partial charge in [0.1, 0.15) is 0 Å². The van der Waals surface area contributed by atoms with Gasteiger partial charge in [0.05, 0.1) is 22.4 Å². The molecule has 0 saturated heterocycles. The number of aromatic nitrogens is 5. The number of fused-ring (bicyclic) bond motifs is 3. The fraction of sp³-hybridized carbons (Fsp3) is 0. The van der Waals surface area contributed by atoms with E-state index >= 15 is 0 Å². The van der Waals surface area contributed by atoms with Crippen LogP contribution in [0.1, 0.15) is 0 Å². The Morgan fingerprint density at radius 1 is 0.309 bits per heavy atom. The SMILES string of the molecule is c1ccc(-c2ccc(-c3cc(-c4ccc(-c5nc(-c6ccncc6)cc(-c6ccncc6)n5)cc4)cc(-n4c5ccccc5c5ccccc54)c3)cc2)cc1. The Balaban J connectivity index is 1.10. The van der Waals surface area contributed by atoms with Gasteiger partial charge < -0.3 is 4.57 Å². The Bertz CT molecular complexity index is 2830. The monoisotopic (exact) mass is 703 g/mol. The van der Waals surface area contributed by atoms with Crippen LogP contribution < -0.4 is 0 Å². The first-order valence-electron chi connectivity index (χ1n) is 18.4. The third kappa shape index (κ3) is 6.14. The smallest absolute Gasteiger partial charge is 0.160 e. The summed E-state index contributed by atoms with van der Waals surface area (Å²) < 4.78 is 2.39. The van der Waals surface area contributed by atoms with Crippen molar-refractivity contribution in [1.29, 1.82) is 0 Å². The van der Waals surface area contributed by atoms with E-state index in [1.54, 1.807) is 24.8 Å². The van der Waals surface area contributed by atoms with Crippen LogP contribution in [0.25, 0.3) is 94.8 Å². The van der Waals surface area contributed by atoms with Gasteiger partial charge in [-0.05, 0) is 94.0 Å². The lowest BCUT2D eigenvalue weighted by Crippen LogP contribution is -1.97. The van der Waals surface area contributed by atoms with E-state index in [1.807, 2.05) is 30.3 Å². The summed E-state index contributed by atoms with van der Waals surface area (Å²) in [5.41, 5.74) is 15.0. The molecule has 0 N–H and O–H groups in total. The number of benzene rings is 6. The maximum Gasteiger partial charge on any atom is 0.160 e. The molecule has 10 rings (SSSR count). The Morgan fingerprint density at radius 3 is 1.24 bits per heavy atom. The molecule has 5 nitrogen and oxygen atoms in total. The number of rotatable bonds is 7. The number of para-hydroxylation sites is 2. The fourth-order valence-corrected chi connectivity index (χ4v) is 7.49. The van der Waals surface area contributed by atoms with Crippen LogP contribution in [0, 0.1) is 0 Å². The molecule has 0 bridgehead atoms. The Kier molecular flexibility index (Phi) is 8.08. The van der Waals surface area contributed by atoms with E-state index in [-0.39, 0.29) is 0 Å². The summed E-state index contributed by atoms with van der Waals surface area (Å²) in [6, 6.07) is 62.2. The molecule has 0 atom stereocenters. The fourth-order valence-electron chi connectivity index (χ4n) is 7.49. The van der Waals surface area contributed by atoms with Crippen molar-refractivity contribution in [3.05, 3.63) is 201 Å². The van der Waals surface area contributed by atoms with E-state index in [1.165, 1.54) is 32.9 Å². The number of pyridine rings is 2. The van der Waals surface area contributed by atoms with Crippen LogP contribution in [-0.4, -0.2) is 24.5 Å². The van der Waals surface area contributed by atoms with Crippen LogP contribution in [0.5, 0.6) is 0 Å². The highest BCUT2D eigenvalue weighted by Crippen LogP contribution is 2.37. The predicted octanol–water partition coefficient (Wildman–Crippen LogP) is 12.4. The van der Waals surface area contributed by atoms with Crippen molar-refractivity contribution in [2.24, 2.45) is 0 Å². The van der Waals surface area contributed by atoms with E-state index in [9.17, 15) is 0 Å². The van der Waals surface area contributed by atoms with Crippen molar-refractivity contribution in [1.82, 2.24) is 24.5 Å². The second-order valence-corrected chi connectivity index (χ2v) is 13.6. The molecule has 0 aliphatic carbocycles. The van der Waals surface area contributed by atoms with Gasteiger partial charge in [-0.25, -0.2) is 9.97 Å². The first kappa shape index (κ1) is 32.2. The first-order valence-corrected chi connectivity index (χ1v) is 18.4. The minimum absolute atomic E-state index is 0.658. The van der Waals surface area contributed by atoms with Crippen molar-refractivity contribution < 1.29 is 0 Å². The molecule has 0 saturated carbocycles. The quantitative estimate of drug-likeness (QED) is 0.166. The average molecular weight is 704 g/mol. The molecule has 0 aliphatic heterocycles. The van der Waals surface area contributed by atoms with Gasteiger partial charge in [-0.15, -0.1) is 0 Å². The van der Waals surface area contributed by atoms with Crippen molar-refractivity contribution in [3.8, 4) is 73.0 Å². The molecule has 55 heavy (non-hydrogen) atoms. The summed E-state index contributed by atoms with van der Waals surface area (Å²) in [6.45, 7) is 0. The Morgan fingerprint density at radius 2 is 0.727 bits per heavy atom. The maximum atomic E-state index is 5.03. The van der Waals surface area contributed by atoms with Crippen LogP contribution in [-0.2, 0) is 0 Å². The lowest BCUT2D eigenvalue weighted by atomic mass is 9.95. The van der Waals surface area contributed by atoms with Gasteiger partial charge in [0.2, 0.25) is 0 Å². The molecule has 5 heteroatoms. The van der Waals surface area contributed by atoms with Gasteiger partial charge in [0.15, 0.2) is 5.82 Å². The summed E-state index contributed by atoms with van der Waals surface area (Å²) in [7, 11) is 0.